The quantitative estimate of drug-likeness (QED) is 0.794. The fourth-order valence-corrected chi connectivity index (χ4v) is 5.68. The van der Waals surface area contributed by atoms with Crippen LogP contribution in [-0.2, 0) is 19.9 Å². The molecule has 3 N–H and O–H groups in total. The average Bonchev–Trinajstić information content (AvgIpc) is 2.36. The van der Waals surface area contributed by atoms with Crippen LogP contribution in [0.25, 0.3) is 0 Å². The van der Waals surface area contributed by atoms with Gasteiger partial charge in [-0.3, -0.25) is 0 Å². The van der Waals surface area contributed by atoms with E-state index in [0.29, 0.717) is 24.0 Å². The van der Waals surface area contributed by atoms with E-state index in [9.17, 15) is 16.8 Å². The maximum Gasteiger partial charge on any atom is 0.243 e. The molecular weight excluding hydrogens is 312 g/mol. The van der Waals surface area contributed by atoms with E-state index in [1.807, 2.05) is 0 Å². The Balaban J connectivity index is 2.26. The molecular formula is C13H20N2O4S2. The van der Waals surface area contributed by atoms with Gasteiger partial charge in [-0.15, -0.1) is 0 Å². The van der Waals surface area contributed by atoms with Gasteiger partial charge in [0.15, 0.2) is 0 Å². The van der Waals surface area contributed by atoms with Crippen molar-refractivity contribution in [1.82, 2.24) is 4.72 Å². The van der Waals surface area contributed by atoms with Gasteiger partial charge >= 0.3 is 0 Å². The van der Waals surface area contributed by atoms with Crippen molar-refractivity contribution in [1.29, 1.82) is 0 Å². The number of hydrogen-bond donors (Lipinski definition) is 2. The van der Waals surface area contributed by atoms with E-state index in [-0.39, 0.29) is 28.1 Å². The number of sulfonamides is 1. The molecule has 118 valence electrons. The average molecular weight is 332 g/mol. The molecule has 0 aliphatic carbocycles. The number of nitrogens with one attached hydrogen (secondary N) is 1. The number of rotatable bonds is 3. The van der Waals surface area contributed by atoms with Crippen molar-refractivity contribution in [2.24, 2.45) is 0 Å². The molecule has 1 saturated heterocycles. The minimum Gasteiger partial charge on any atom is -0.397 e. The SMILES string of the molecule is Cc1ccc(C)c(S(=O)(=O)NC2CCS(=O)(=O)CC2)c1N. The highest BCUT2D eigenvalue weighted by Crippen LogP contribution is 2.26. The predicted octanol–water partition coefficient (Wildman–Crippen LogP) is 0.741. The molecule has 0 amide bonds. The molecule has 0 radical (unpaired) electrons. The number of nitrogens with two attached hydrogens (primary N) is 1. The first-order valence-corrected chi connectivity index (χ1v) is 10.0. The second kappa shape index (κ2) is 5.58. The zero-order chi connectivity index (χ0) is 15.8. The second-order valence-corrected chi connectivity index (χ2v) is 9.44. The highest BCUT2D eigenvalue weighted by molar-refractivity contribution is 7.91. The van der Waals surface area contributed by atoms with Crippen molar-refractivity contribution in [3.63, 3.8) is 0 Å². The monoisotopic (exact) mass is 332 g/mol. The maximum absolute atomic E-state index is 12.5. The topological polar surface area (TPSA) is 106 Å². The standard InChI is InChI=1S/C13H20N2O4S2/c1-9-3-4-10(2)13(12(9)14)21(18,19)15-11-5-7-20(16,17)8-6-11/h3-4,11,15H,5-8,14H2,1-2H3. The molecule has 2 rings (SSSR count). The van der Waals surface area contributed by atoms with Gasteiger partial charge in [0.25, 0.3) is 0 Å². The van der Waals surface area contributed by atoms with Crippen LogP contribution in [0.3, 0.4) is 0 Å². The highest BCUT2D eigenvalue weighted by atomic mass is 32.2. The molecule has 0 spiro atoms. The Morgan fingerprint density at radius 3 is 2.24 bits per heavy atom. The number of sulfone groups is 1. The van der Waals surface area contributed by atoms with Crippen LogP contribution in [-0.4, -0.2) is 34.4 Å². The largest absolute Gasteiger partial charge is 0.397 e. The van der Waals surface area contributed by atoms with Crippen molar-refractivity contribution < 1.29 is 16.8 Å². The molecule has 0 aromatic heterocycles. The zero-order valence-electron chi connectivity index (χ0n) is 12.1. The summed E-state index contributed by atoms with van der Waals surface area (Å²) in [6, 6.07) is 3.13. The van der Waals surface area contributed by atoms with Crippen LogP contribution in [0.15, 0.2) is 17.0 Å². The van der Waals surface area contributed by atoms with Crippen molar-refractivity contribution in [2.45, 2.75) is 37.6 Å². The third-order valence-corrected chi connectivity index (χ3v) is 7.19. The minimum atomic E-state index is -3.75. The minimum absolute atomic E-state index is 0.0163. The molecule has 0 unspecified atom stereocenters. The summed E-state index contributed by atoms with van der Waals surface area (Å²) >= 11 is 0. The molecule has 21 heavy (non-hydrogen) atoms. The van der Waals surface area contributed by atoms with Gasteiger partial charge in [-0.25, -0.2) is 21.6 Å². The molecule has 0 saturated carbocycles. The summed E-state index contributed by atoms with van der Waals surface area (Å²) in [5, 5.41) is 0. The van der Waals surface area contributed by atoms with Gasteiger partial charge in [-0.2, -0.15) is 0 Å². The Labute approximate surface area is 125 Å². The lowest BCUT2D eigenvalue weighted by Crippen LogP contribution is -2.41. The molecule has 0 bridgehead atoms. The van der Waals surface area contributed by atoms with E-state index >= 15 is 0 Å². The number of benzene rings is 1. The van der Waals surface area contributed by atoms with Crippen molar-refractivity contribution in [2.75, 3.05) is 17.2 Å². The van der Waals surface area contributed by atoms with Gasteiger partial charge in [0, 0.05) is 6.04 Å². The van der Waals surface area contributed by atoms with Crippen LogP contribution in [0.1, 0.15) is 24.0 Å². The first-order chi connectivity index (χ1) is 9.62. The molecule has 1 aromatic carbocycles. The molecule has 6 nitrogen and oxygen atoms in total. The summed E-state index contributed by atoms with van der Waals surface area (Å²) in [6.45, 7) is 3.44. The molecule has 1 aliphatic rings. The van der Waals surface area contributed by atoms with Crippen LogP contribution < -0.4 is 10.5 Å². The Bertz CT molecular complexity index is 741. The molecule has 1 fully saturated rings. The van der Waals surface area contributed by atoms with Gasteiger partial charge in [-0.1, -0.05) is 12.1 Å². The lowest BCUT2D eigenvalue weighted by Gasteiger charge is -2.24. The summed E-state index contributed by atoms with van der Waals surface area (Å²) in [7, 11) is -6.77. The predicted molar refractivity (Wildman–Crippen MR) is 82.3 cm³/mol. The maximum atomic E-state index is 12.5. The molecule has 1 aromatic rings. The van der Waals surface area contributed by atoms with Crippen molar-refractivity contribution in [3.05, 3.63) is 23.3 Å². The van der Waals surface area contributed by atoms with Crippen LogP contribution in [0.2, 0.25) is 0 Å². The number of nitrogen functional groups attached to an aromatic ring is 1. The summed E-state index contributed by atoms with van der Waals surface area (Å²) in [4.78, 5) is 0.0935. The van der Waals surface area contributed by atoms with Gasteiger partial charge in [0.05, 0.1) is 17.2 Å². The van der Waals surface area contributed by atoms with Crippen LogP contribution >= 0.6 is 0 Å². The van der Waals surface area contributed by atoms with E-state index in [0.717, 1.165) is 0 Å². The highest BCUT2D eigenvalue weighted by Gasteiger charge is 2.29. The van der Waals surface area contributed by atoms with Crippen LogP contribution in [0.5, 0.6) is 0 Å². The molecule has 0 atom stereocenters. The van der Waals surface area contributed by atoms with E-state index < -0.39 is 19.9 Å². The lowest BCUT2D eigenvalue weighted by molar-refractivity contribution is 0.505. The fourth-order valence-electron chi connectivity index (χ4n) is 2.45. The summed E-state index contributed by atoms with van der Waals surface area (Å²) in [5.74, 6) is 0.0327. The van der Waals surface area contributed by atoms with E-state index in [2.05, 4.69) is 4.72 Å². The Morgan fingerprint density at radius 2 is 1.67 bits per heavy atom. The van der Waals surface area contributed by atoms with Gasteiger partial charge in [0.1, 0.15) is 14.7 Å². The van der Waals surface area contributed by atoms with Crippen LogP contribution in [0.4, 0.5) is 5.69 Å². The normalized spacial score (nSPS) is 19.5. The Hall–Kier alpha value is -1.12. The Morgan fingerprint density at radius 1 is 1.14 bits per heavy atom. The Kier molecular flexibility index (Phi) is 4.32. The van der Waals surface area contributed by atoms with Gasteiger partial charge in [-0.05, 0) is 37.8 Å². The van der Waals surface area contributed by atoms with Gasteiger partial charge < -0.3 is 5.73 Å². The summed E-state index contributed by atoms with van der Waals surface area (Å²) < 4.78 is 50.4. The summed E-state index contributed by atoms with van der Waals surface area (Å²) in [6.07, 6.45) is 0.596. The van der Waals surface area contributed by atoms with E-state index in [4.69, 9.17) is 5.73 Å². The van der Waals surface area contributed by atoms with Crippen molar-refractivity contribution in [3.8, 4) is 0 Å². The first kappa shape index (κ1) is 16.3. The zero-order valence-corrected chi connectivity index (χ0v) is 13.7. The fraction of sp³-hybridized carbons (Fsp3) is 0.538. The number of anilines is 1. The van der Waals surface area contributed by atoms with Gasteiger partial charge in [0.2, 0.25) is 10.0 Å². The third-order valence-electron chi connectivity index (χ3n) is 3.76. The van der Waals surface area contributed by atoms with Crippen molar-refractivity contribution >= 4 is 25.5 Å². The molecule has 8 heteroatoms. The molecule has 1 aliphatic heterocycles. The number of aryl methyl sites for hydroxylation is 2. The number of hydrogen-bond acceptors (Lipinski definition) is 5. The first-order valence-electron chi connectivity index (χ1n) is 6.71. The van der Waals surface area contributed by atoms with E-state index in [1.54, 1.807) is 26.0 Å². The molecule has 1 heterocycles. The third kappa shape index (κ3) is 3.56. The van der Waals surface area contributed by atoms with E-state index in [1.165, 1.54) is 0 Å². The lowest BCUT2D eigenvalue weighted by atomic mass is 10.1. The smallest absolute Gasteiger partial charge is 0.243 e. The summed E-state index contributed by atoms with van der Waals surface area (Å²) in [5.41, 5.74) is 7.42. The second-order valence-electron chi connectivity index (χ2n) is 5.49. The van der Waals surface area contributed by atoms with Crippen LogP contribution in [0, 0.1) is 13.8 Å².